The van der Waals surface area contributed by atoms with Crippen molar-refractivity contribution >= 4 is 29.2 Å². The summed E-state index contributed by atoms with van der Waals surface area (Å²) >= 11 is 13.0. The highest BCUT2D eigenvalue weighted by molar-refractivity contribution is 6.42. The van der Waals surface area contributed by atoms with Crippen LogP contribution in [0.1, 0.15) is 75.6 Å². The first-order chi connectivity index (χ1) is 17.5. The van der Waals surface area contributed by atoms with Crippen molar-refractivity contribution in [2.75, 3.05) is 18.4 Å². The Morgan fingerprint density at radius 1 is 1.06 bits per heavy atom. The van der Waals surface area contributed by atoms with Crippen LogP contribution in [-0.2, 0) is 6.54 Å². The number of hydrogen-bond acceptors (Lipinski definition) is 5. The predicted molar refractivity (Wildman–Crippen MR) is 149 cm³/mol. The number of piperidine rings is 1. The molecule has 1 saturated heterocycles. The first-order valence-corrected chi connectivity index (χ1v) is 14.2. The molecule has 2 N–H and O–H groups in total. The van der Waals surface area contributed by atoms with Gasteiger partial charge in [-0.1, -0.05) is 49.4 Å². The van der Waals surface area contributed by atoms with Crippen molar-refractivity contribution in [1.82, 2.24) is 24.8 Å². The lowest BCUT2D eigenvalue weighted by atomic mass is 9.96. The average Bonchev–Trinajstić information content (AvgIpc) is 3.28. The summed E-state index contributed by atoms with van der Waals surface area (Å²) in [6, 6.07) is 6.48. The van der Waals surface area contributed by atoms with Crippen molar-refractivity contribution < 1.29 is 0 Å². The molecule has 6 nitrogen and oxygen atoms in total. The quantitative estimate of drug-likeness (QED) is 0.339. The van der Waals surface area contributed by atoms with Gasteiger partial charge in [-0.2, -0.15) is 0 Å². The van der Waals surface area contributed by atoms with Crippen LogP contribution in [0.2, 0.25) is 10.0 Å². The van der Waals surface area contributed by atoms with Gasteiger partial charge in [-0.3, -0.25) is 0 Å². The van der Waals surface area contributed by atoms with E-state index in [2.05, 4.69) is 33.2 Å². The third-order valence-corrected chi connectivity index (χ3v) is 8.37. The molecule has 1 aliphatic carbocycles. The molecule has 3 heterocycles. The summed E-state index contributed by atoms with van der Waals surface area (Å²) in [4.78, 5) is 14.9. The van der Waals surface area contributed by atoms with E-state index in [4.69, 9.17) is 33.2 Å². The molecule has 3 aromatic rings. The van der Waals surface area contributed by atoms with E-state index < -0.39 is 0 Å². The zero-order chi connectivity index (χ0) is 25.1. The standard InChI is InChI=1S/C28H36Cl2N6/c1-3-15-36-26(23-11-14-32-28(34-23)33-21-7-5-4-6-8-21)25(20-16-18(2)24(30)22(29)17-20)35-27(36)19-9-12-31-13-10-19/h11,14,16-17,19,21,31H,3-10,12-13,15H2,1-2H3,(H,32,33,34). The molecule has 0 bridgehead atoms. The predicted octanol–water partition coefficient (Wildman–Crippen LogP) is 7.24. The second-order valence-electron chi connectivity index (χ2n) is 10.2. The maximum Gasteiger partial charge on any atom is 0.223 e. The van der Waals surface area contributed by atoms with Gasteiger partial charge in [0, 0.05) is 30.3 Å². The lowest BCUT2D eigenvalue weighted by Gasteiger charge is -2.24. The molecule has 0 unspecified atom stereocenters. The molecule has 0 amide bonds. The minimum atomic E-state index is 0.413. The van der Waals surface area contributed by atoms with Gasteiger partial charge in [0.1, 0.15) is 5.82 Å². The van der Waals surface area contributed by atoms with Crippen LogP contribution in [0.25, 0.3) is 22.6 Å². The summed E-state index contributed by atoms with van der Waals surface area (Å²) in [6.07, 6.45) is 11.2. The molecule has 1 aromatic carbocycles. The van der Waals surface area contributed by atoms with E-state index in [1.807, 2.05) is 25.3 Å². The van der Waals surface area contributed by atoms with Crippen LogP contribution < -0.4 is 10.6 Å². The Morgan fingerprint density at radius 3 is 2.56 bits per heavy atom. The van der Waals surface area contributed by atoms with E-state index in [1.165, 1.54) is 32.1 Å². The number of nitrogens with one attached hydrogen (secondary N) is 2. The van der Waals surface area contributed by atoms with Gasteiger partial charge in [0.2, 0.25) is 5.95 Å². The van der Waals surface area contributed by atoms with Crippen molar-refractivity contribution in [3.05, 3.63) is 45.8 Å². The zero-order valence-corrected chi connectivity index (χ0v) is 22.8. The summed E-state index contributed by atoms with van der Waals surface area (Å²) < 4.78 is 2.40. The SMILES string of the molecule is CCCn1c(C2CCNCC2)nc(-c2cc(C)c(Cl)c(Cl)c2)c1-c1ccnc(NC2CCCCC2)n1. The van der Waals surface area contributed by atoms with Crippen molar-refractivity contribution in [1.29, 1.82) is 0 Å². The van der Waals surface area contributed by atoms with Gasteiger partial charge >= 0.3 is 0 Å². The van der Waals surface area contributed by atoms with Crippen molar-refractivity contribution in [2.24, 2.45) is 0 Å². The smallest absolute Gasteiger partial charge is 0.223 e. The summed E-state index contributed by atoms with van der Waals surface area (Å²) in [7, 11) is 0. The third kappa shape index (κ3) is 5.41. The molecule has 2 fully saturated rings. The number of hydrogen-bond donors (Lipinski definition) is 2. The van der Waals surface area contributed by atoms with Crippen molar-refractivity contribution in [3.8, 4) is 22.6 Å². The average molecular weight is 528 g/mol. The maximum atomic E-state index is 6.55. The van der Waals surface area contributed by atoms with Gasteiger partial charge in [0.25, 0.3) is 0 Å². The van der Waals surface area contributed by atoms with Gasteiger partial charge in [-0.05, 0) is 75.9 Å². The van der Waals surface area contributed by atoms with Crippen LogP contribution in [0.5, 0.6) is 0 Å². The summed E-state index contributed by atoms with van der Waals surface area (Å²) in [5, 5.41) is 8.23. The lowest BCUT2D eigenvalue weighted by molar-refractivity contribution is 0.430. The normalized spacial score (nSPS) is 17.4. The fourth-order valence-electron chi connectivity index (χ4n) is 5.63. The molecular formula is C28H36Cl2N6. The number of benzene rings is 1. The Kier molecular flexibility index (Phi) is 8.14. The summed E-state index contributed by atoms with van der Waals surface area (Å²) in [5.74, 6) is 2.26. The van der Waals surface area contributed by atoms with Gasteiger partial charge in [0.15, 0.2) is 0 Å². The fraction of sp³-hybridized carbons (Fsp3) is 0.536. The number of nitrogens with zero attached hydrogens (tertiary/aromatic N) is 4. The van der Waals surface area contributed by atoms with E-state index in [1.54, 1.807) is 0 Å². The number of anilines is 1. The van der Waals surface area contributed by atoms with Gasteiger partial charge in [0.05, 0.1) is 27.1 Å². The van der Waals surface area contributed by atoms with Crippen LogP contribution in [0.3, 0.4) is 0 Å². The van der Waals surface area contributed by atoms with Crippen molar-refractivity contribution in [3.63, 3.8) is 0 Å². The maximum absolute atomic E-state index is 6.55. The molecule has 192 valence electrons. The molecule has 0 atom stereocenters. The molecule has 8 heteroatoms. The molecule has 1 saturated carbocycles. The first-order valence-electron chi connectivity index (χ1n) is 13.4. The molecular weight excluding hydrogens is 491 g/mol. The lowest BCUT2D eigenvalue weighted by Crippen LogP contribution is -2.28. The Labute approximate surface area is 224 Å². The summed E-state index contributed by atoms with van der Waals surface area (Å²) in [5.41, 5.74) is 4.77. The Hall–Kier alpha value is -2.15. The second-order valence-corrected chi connectivity index (χ2v) is 11.0. The van der Waals surface area contributed by atoms with Crippen LogP contribution in [-0.4, -0.2) is 38.7 Å². The topological polar surface area (TPSA) is 67.7 Å². The Morgan fingerprint density at radius 2 is 1.83 bits per heavy atom. The van der Waals surface area contributed by atoms with Crippen LogP contribution >= 0.6 is 23.2 Å². The highest BCUT2D eigenvalue weighted by Crippen LogP contribution is 2.39. The summed E-state index contributed by atoms with van der Waals surface area (Å²) in [6.45, 7) is 7.13. The molecule has 5 rings (SSSR count). The monoisotopic (exact) mass is 526 g/mol. The molecule has 2 aromatic heterocycles. The van der Waals surface area contributed by atoms with Gasteiger partial charge in [-0.25, -0.2) is 15.0 Å². The van der Waals surface area contributed by atoms with Crippen molar-refractivity contribution in [2.45, 2.75) is 83.7 Å². The Bertz CT molecular complexity index is 1170. The Balaban J connectivity index is 1.64. The van der Waals surface area contributed by atoms with Crippen LogP contribution in [0, 0.1) is 6.92 Å². The highest BCUT2D eigenvalue weighted by atomic mass is 35.5. The number of aryl methyl sites for hydroxylation is 1. The highest BCUT2D eigenvalue weighted by Gasteiger charge is 2.28. The van der Waals surface area contributed by atoms with E-state index in [0.29, 0.717) is 28.0 Å². The van der Waals surface area contributed by atoms with Gasteiger partial charge in [-0.15, -0.1) is 0 Å². The van der Waals surface area contributed by atoms with Crippen LogP contribution in [0.4, 0.5) is 5.95 Å². The number of imidazole rings is 1. The van der Waals surface area contributed by atoms with E-state index >= 15 is 0 Å². The molecule has 0 radical (unpaired) electrons. The minimum absolute atomic E-state index is 0.413. The van der Waals surface area contributed by atoms with E-state index in [-0.39, 0.29) is 0 Å². The number of rotatable bonds is 7. The fourth-order valence-corrected chi connectivity index (χ4v) is 6.00. The molecule has 1 aliphatic heterocycles. The molecule has 0 spiro atoms. The first kappa shape index (κ1) is 25.5. The largest absolute Gasteiger partial charge is 0.351 e. The third-order valence-electron chi connectivity index (χ3n) is 7.47. The second kappa shape index (κ2) is 11.5. The van der Waals surface area contributed by atoms with Crippen LogP contribution in [0.15, 0.2) is 24.4 Å². The minimum Gasteiger partial charge on any atom is -0.351 e. The molecule has 36 heavy (non-hydrogen) atoms. The van der Waals surface area contributed by atoms with E-state index in [0.717, 1.165) is 72.9 Å². The van der Waals surface area contributed by atoms with E-state index in [9.17, 15) is 0 Å². The number of halogens is 2. The number of aromatic nitrogens is 4. The zero-order valence-electron chi connectivity index (χ0n) is 21.3. The molecule has 2 aliphatic rings. The van der Waals surface area contributed by atoms with Gasteiger partial charge < -0.3 is 15.2 Å².